The molecule has 0 amide bonds. The molecule has 0 atom stereocenters. The predicted octanol–water partition coefficient (Wildman–Crippen LogP) is 3.50. The summed E-state index contributed by atoms with van der Waals surface area (Å²) >= 11 is 3.44. The fourth-order valence-corrected chi connectivity index (χ4v) is 2.40. The molecule has 0 fully saturated rings. The number of para-hydroxylation sites is 1. The first-order chi connectivity index (χ1) is 8.60. The van der Waals surface area contributed by atoms with E-state index < -0.39 is 0 Å². The fourth-order valence-electron chi connectivity index (χ4n) is 1.95. The van der Waals surface area contributed by atoms with Crippen LogP contribution in [0, 0.1) is 5.82 Å². The number of anilines is 1. The molecule has 102 valence electrons. The maximum atomic E-state index is 14.1. The molecule has 1 rings (SSSR count). The monoisotopic (exact) mass is 316 g/mol. The van der Waals surface area contributed by atoms with E-state index in [0.717, 1.165) is 37.3 Å². The Labute approximate surface area is 118 Å². The third kappa shape index (κ3) is 4.25. The summed E-state index contributed by atoms with van der Waals surface area (Å²) in [4.78, 5) is 4.27. The Hall–Kier alpha value is -0.610. The third-order valence-corrected chi connectivity index (χ3v) is 3.45. The van der Waals surface area contributed by atoms with Crippen LogP contribution in [0.3, 0.4) is 0 Å². The SMILES string of the molecule is CCCN(CCN(C)C)c1c(F)cccc1CBr. The standard InChI is InChI=1S/C14H22BrFN2/c1-4-8-18(10-9-17(2)3)14-12(11-15)6-5-7-13(14)16/h5-7H,4,8-11H2,1-3H3. The van der Waals surface area contributed by atoms with Gasteiger partial charge in [0.2, 0.25) is 0 Å². The third-order valence-electron chi connectivity index (χ3n) is 2.84. The molecule has 0 saturated carbocycles. The van der Waals surface area contributed by atoms with Gasteiger partial charge in [-0.25, -0.2) is 4.39 Å². The van der Waals surface area contributed by atoms with E-state index in [-0.39, 0.29) is 5.82 Å². The Morgan fingerprint density at radius 3 is 2.44 bits per heavy atom. The van der Waals surface area contributed by atoms with Gasteiger partial charge in [0.25, 0.3) is 0 Å². The number of benzene rings is 1. The van der Waals surface area contributed by atoms with Crippen LogP contribution in [0.25, 0.3) is 0 Å². The van der Waals surface area contributed by atoms with Crippen molar-refractivity contribution in [3.05, 3.63) is 29.6 Å². The van der Waals surface area contributed by atoms with Gasteiger partial charge < -0.3 is 9.80 Å². The number of hydrogen-bond acceptors (Lipinski definition) is 2. The molecule has 0 aromatic heterocycles. The Morgan fingerprint density at radius 2 is 1.89 bits per heavy atom. The van der Waals surface area contributed by atoms with Crippen LogP contribution in [-0.4, -0.2) is 38.6 Å². The highest BCUT2D eigenvalue weighted by molar-refractivity contribution is 9.08. The van der Waals surface area contributed by atoms with Gasteiger partial charge in [-0.1, -0.05) is 35.0 Å². The van der Waals surface area contributed by atoms with Crippen molar-refractivity contribution in [2.45, 2.75) is 18.7 Å². The van der Waals surface area contributed by atoms with Gasteiger partial charge in [-0.15, -0.1) is 0 Å². The Balaban J connectivity index is 2.96. The van der Waals surface area contributed by atoms with Crippen molar-refractivity contribution in [3.8, 4) is 0 Å². The molecule has 0 bridgehead atoms. The largest absolute Gasteiger partial charge is 0.368 e. The van der Waals surface area contributed by atoms with E-state index in [1.807, 2.05) is 20.2 Å². The zero-order chi connectivity index (χ0) is 13.5. The summed E-state index contributed by atoms with van der Waals surface area (Å²) in [5, 5.41) is 0.683. The van der Waals surface area contributed by atoms with Crippen molar-refractivity contribution < 1.29 is 4.39 Å². The molecule has 0 heterocycles. The highest BCUT2D eigenvalue weighted by Gasteiger charge is 2.14. The lowest BCUT2D eigenvalue weighted by Crippen LogP contribution is -2.33. The van der Waals surface area contributed by atoms with E-state index in [0.29, 0.717) is 5.33 Å². The molecular formula is C14H22BrFN2. The molecule has 0 unspecified atom stereocenters. The average Bonchev–Trinajstić information content (AvgIpc) is 2.34. The number of alkyl halides is 1. The Morgan fingerprint density at radius 1 is 1.17 bits per heavy atom. The molecule has 2 nitrogen and oxygen atoms in total. The van der Waals surface area contributed by atoms with Gasteiger partial charge in [0, 0.05) is 25.0 Å². The summed E-state index contributed by atoms with van der Waals surface area (Å²) in [6, 6.07) is 5.29. The quantitative estimate of drug-likeness (QED) is 0.710. The number of likely N-dealkylation sites (N-methyl/N-ethyl adjacent to an activating group) is 1. The molecule has 0 aliphatic carbocycles. The van der Waals surface area contributed by atoms with Crippen LogP contribution in [-0.2, 0) is 5.33 Å². The van der Waals surface area contributed by atoms with Crippen LogP contribution in [0.5, 0.6) is 0 Å². The van der Waals surface area contributed by atoms with E-state index in [4.69, 9.17) is 0 Å². The Bertz CT molecular complexity index is 369. The molecular weight excluding hydrogens is 295 g/mol. The zero-order valence-corrected chi connectivity index (χ0v) is 13.0. The van der Waals surface area contributed by atoms with Gasteiger partial charge in [0.05, 0.1) is 5.69 Å². The second-order valence-corrected chi connectivity index (χ2v) is 5.23. The summed E-state index contributed by atoms with van der Waals surface area (Å²) in [6.07, 6.45) is 1.02. The van der Waals surface area contributed by atoms with Gasteiger partial charge >= 0.3 is 0 Å². The summed E-state index contributed by atoms with van der Waals surface area (Å²) in [5.74, 6) is -0.126. The van der Waals surface area contributed by atoms with Crippen molar-refractivity contribution in [1.82, 2.24) is 4.90 Å². The summed E-state index contributed by atoms with van der Waals surface area (Å²) in [6.45, 7) is 4.78. The van der Waals surface area contributed by atoms with E-state index >= 15 is 0 Å². The molecule has 0 spiro atoms. The topological polar surface area (TPSA) is 6.48 Å². The van der Waals surface area contributed by atoms with Gasteiger partial charge in [0.1, 0.15) is 5.82 Å². The second kappa shape index (κ2) is 7.74. The van der Waals surface area contributed by atoms with Gasteiger partial charge in [-0.2, -0.15) is 0 Å². The summed E-state index contributed by atoms with van der Waals surface area (Å²) < 4.78 is 14.1. The minimum atomic E-state index is -0.126. The maximum Gasteiger partial charge on any atom is 0.146 e. The number of rotatable bonds is 7. The van der Waals surface area contributed by atoms with Gasteiger partial charge in [-0.05, 0) is 32.1 Å². The fraction of sp³-hybridized carbons (Fsp3) is 0.571. The van der Waals surface area contributed by atoms with E-state index in [9.17, 15) is 4.39 Å². The van der Waals surface area contributed by atoms with Crippen molar-refractivity contribution in [2.75, 3.05) is 38.6 Å². The first kappa shape index (κ1) is 15.4. The Kier molecular flexibility index (Phi) is 6.65. The molecule has 0 radical (unpaired) electrons. The highest BCUT2D eigenvalue weighted by Crippen LogP contribution is 2.26. The molecule has 18 heavy (non-hydrogen) atoms. The van der Waals surface area contributed by atoms with Crippen molar-refractivity contribution in [1.29, 1.82) is 0 Å². The lowest BCUT2D eigenvalue weighted by atomic mass is 10.1. The molecule has 1 aromatic carbocycles. The highest BCUT2D eigenvalue weighted by atomic mass is 79.9. The molecule has 1 aromatic rings. The predicted molar refractivity (Wildman–Crippen MR) is 80.1 cm³/mol. The lowest BCUT2D eigenvalue weighted by Gasteiger charge is -2.28. The molecule has 0 saturated heterocycles. The summed E-state index contributed by atoms with van der Waals surface area (Å²) in [5.41, 5.74) is 1.76. The van der Waals surface area contributed by atoms with Crippen LogP contribution >= 0.6 is 15.9 Å². The number of halogens is 2. The van der Waals surface area contributed by atoms with Crippen LogP contribution in [0.4, 0.5) is 10.1 Å². The van der Waals surface area contributed by atoms with Crippen molar-refractivity contribution in [3.63, 3.8) is 0 Å². The molecule has 0 aliphatic rings. The second-order valence-electron chi connectivity index (χ2n) is 4.67. The van der Waals surface area contributed by atoms with Crippen LogP contribution in [0.1, 0.15) is 18.9 Å². The average molecular weight is 317 g/mol. The van der Waals surface area contributed by atoms with Crippen molar-refractivity contribution >= 4 is 21.6 Å². The minimum Gasteiger partial charge on any atom is -0.368 e. The smallest absolute Gasteiger partial charge is 0.146 e. The lowest BCUT2D eigenvalue weighted by molar-refractivity contribution is 0.412. The van der Waals surface area contributed by atoms with E-state index in [1.54, 1.807) is 12.1 Å². The minimum absolute atomic E-state index is 0.126. The van der Waals surface area contributed by atoms with E-state index in [2.05, 4.69) is 32.7 Å². The normalized spacial score (nSPS) is 11.0. The number of hydrogen-bond donors (Lipinski definition) is 0. The molecule has 0 aliphatic heterocycles. The molecule has 4 heteroatoms. The van der Waals surface area contributed by atoms with E-state index in [1.165, 1.54) is 0 Å². The zero-order valence-electron chi connectivity index (χ0n) is 11.4. The van der Waals surface area contributed by atoms with Crippen LogP contribution in [0.15, 0.2) is 18.2 Å². The maximum absolute atomic E-state index is 14.1. The molecule has 0 N–H and O–H groups in total. The number of nitrogens with zero attached hydrogens (tertiary/aromatic N) is 2. The van der Waals surface area contributed by atoms with Crippen LogP contribution < -0.4 is 4.90 Å². The van der Waals surface area contributed by atoms with Crippen molar-refractivity contribution in [2.24, 2.45) is 0 Å². The first-order valence-electron chi connectivity index (χ1n) is 6.33. The van der Waals surface area contributed by atoms with Gasteiger partial charge in [0.15, 0.2) is 0 Å². The van der Waals surface area contributed by atoms with Gasteiger partial charge in [-0.3, -0.25) is 0 Å². The first-order valence-corrected chi connectivity index (χ1v) is 7.45. The summed E-state index contributed by atoms with van der Waals surface area (Å²) in [7, 11) is 4.08. The van der Waals surface area contributed by atoms with Crippen LogP contribution in [0.2, 0.25) is 0 Å².